The number of carbonyl (C=O) groups is 4. The molecule has 3 N–H and O–H groups in total. The minimum Gasteiger partial charge on any atom is -0.462 e. The topological polar surface area (TPSA) is 237 Å². The molecule has 0 aromatic heterocycles. The standard InChI is InChI=1S/C86H164O17P2/c1-6-9-12-15-18-21-23-25-27-28-29-30-31-32-33-39-43-47-52-57-62-67-72-86(91)103-82(76-97-84(89)70-65-60-55-50-45-41-38-35-34-37-40-44-49-53-58-63-68-79(4)5)78-101-105(94,95)99-74-80(87)73-98-104(92,93)100-77-81(75-96-83(88)69-64-59-54-48-20-17-14-11-8-3)102-85(90)71-66-61-56-51-46-42-36-26-24-22-19-16-13-10-7-2/h22,24,26,36,79-82,87H,6-21,23,25,27-35,37-78H2,1-5H3,(H,92,93)(H,94,95)/b24-22-,36-26-/t80-,81+,82+/m0/s1. The van der Waals surface area contributed by atoms with Gasteiger partial charge in [0.1, 0.15) is 19.3 Å². The zero-order valence-corrected chi connectivity index (χ0v) is 70.1. The molecule has 19 heteroatoms. The molecule has 0 bridgehead atoms. The third-order valence-corrected chi connectivity index (χ3v) is 21.6. The van der Waals surface area contributed by atoms with E-state index >= 15 is 0 Å². The van der Waals surface area contributed by atoms with E-state index in [9.17, 15) is 43.2 Å². The number of ether oxygens (including phenoxy) is 4. The molecule has 0 radical (unpaired) electrons. The summed E-state index contributed by atoms with van der Waals surface area (Å²) in [5, 5.41) is 10.7. The van der Waals surface area contributed by atoms with E-state index in [0.29, 0.717) is 25.7 Å². The Labute approximate surface area is 643 Å². The van der Waals surface area contributed by atoms with Gasteiger partial charge >= 0.3 is 39.5 Å². The number of unbranched alkanes of at least 4 members (excludes halogenated alkanes) is 53. The second-order valence-corrected chi connectivity index (χ2v) is 33.6. The van der Waals surface area contributed by atoms with Gasteiger partial charge in [-0.25, -0.2) is 9.13 Å². The highest BCUT2D eigenvalue weighted by Crippen LogP contribution is 2.45. The molecule has 0 aliphatic carbocycles. The first-order valence-corrected chi connectivity index (χ1v) is 46.9. The molecule has 0 saturated carbocycles. The fraction of sp³-hybridized carbons (Fsp3) is 0.907. The van der Waals surface area contributed by atoms with E-state index in [4.69, 9.17) is 37.0 Å². The van der Waals surface area contributed by atoms with E-state index in [1.165, 1.54) is 250 Å². The van der Waals surface area contributed by atoms with Crippen LogP contribution in [0, 0.1) is 5.92 Å². The molecule has 0 saturated heterocycles. The third kappa shape index (κ3) is 79.4. The van der Waals surface area contributed by atoms with E-state index < -0.39 is 97.5 Å². The monoisotopic (exact) mass is 1530 g/mol. The maximum atomic E-state index is 13.1. The molecule has 105 heavy (non-hydrogen) atoms. The van der Waals surface area contributed by atoms with Gasteiger partial charge in [-0.3, -0.25) is 37.3 Å². The van der Waals surface area contributed by atoms with Crippen LogP contribution in [0.5, 0.6) is 0 Å². The number of phosphoric acid groups is 2. The van der Waals surface area contributed by atoms with Gasteiger partial charge in [0.2, 0.25) is 0 Å². The summed E-state index contributed by atoms with van der Waals surface area (Å²) in [6, 6.07) is 0. The van der Waals surface area contributed by atoms with Crippen LogP contribution in [0.2, 0.25) is 0 Å². The first-order chi connectivity index (χ1) is 51.0. The summed E-state index contributed by atoms with van der Waals surface area (Å²) in [5.74, 6) is -1.32. The van der Waals surface area contributed by atoms with Gasteiger partial charge in [0.05, 0.1) is 26.4 Å². The van der Waals surface area contributed by atoms with Crippen molar-refractivity contribution in [2.75, 3.05) is 39.6 Å². The molecule has 0 aliphatic heterocycles. The number of carbonyl (C=O) groups excluding carboxylic acids is 4. The Morgan fingerprint density at radius 2 is 0.514 bits per heavy atom. The van der Waals surface area contributed by atoms with E-state index in [0.717, 1.165) is 109 Å². The average Bonchev–Trinajstić information content (AvgIpc) is 0.904. The highest BCUT2D eigenvalue weighted by Gasteiger charge is 2.30. The molecule has 0 aromatic rings. The fourth-order valence-electron chi connectivity index (χ4n) is 12.9. The van der Waals surface area contributed by atoms with Gasteiger partial charge in [0.25, 0.3) is 0 Å². The lowest BCUT2D eigenvalue weighted by molar-refractivity contribution is -0.161. The minimum atomic E-state index is -4.97. The van der Waals surface area contributed by atoms with Crippen molar-refractivity contribution in [1.29, 1.82) is 0 Å². The van der Waals surface area contributed by atoms with Crippen molar-refractivity contribution in [2.24, 2.45) is 5.92 Å². The van der Waals surface area contributed by atoms with Gasteiger partial charge in [-0.15, -0.1) is 0 Å². The summed E-state index contributed by atoms with van der Waals surface area (Å²) in [5.41, 5.74) is 0. The van der Waals surface area contributed by atoms with Crippen LogP contribution in [0.3, 0.4) is 0 Å². The van der Waals surface area contributed by atoms with Gasteiger partial charge in [0.15, 0.2) is 12.2 Å². The van der Waals surface area contributed by atoms with Crippen molar-refractivity contribution in [3.63, 3.8) is 0 Å². The summed E-state index contributed by atoms with van der Waals surface area (Å²) >= 11 is 0. The van der Waals surface area contributed by atoms with Gasteiger partial charge in [-0.05, 0) is 57.3 Å². The molecular weight excluding hydrogens is 1370 g/mol. The molecule has 620 valence electrons. The van der Waals surface area contributed by atoms with Crippen LogP contribution in [-0.4, -0.2) is 96.7 Å². The van der Waals surface area contributed by atoms with Crippen LogP contribution >= 0.6 is 15.6 Å². The first-order valence-electron chi connectivity index (χ1n) is 44.0. The summed E-state index contributed by atoms with van der Waals surface area (Å²) in [7, 11) is -9.94. The largest absolute Gasteiger partial charge is 0.472 e. The second kappa shape index (κ2) is 78.2. The van der Waals surface area contributed by atoms with Crippen LogP contribution in [-0.2, 0) is 65.4 Å². The van der Waals surface area contributed by atoms with Crippen LogP contribution in [0.4, 0.5) is 0 Å². The lowest BCUT2D eigenvalue weighted by Gasteiger charge is -2.21. The Kier molecular flexibility index (Phi) is 76.4. The number of esters is 4. The molecule has 0 aromatic carbocycles. The molecular formula is C86H164O17P2. The van der Waals surface area contributed by atoms with E-state index in [-0.39, 0.29) is 25.7 Å². The summed E-state index contributed by atoms with van der Waals surface area (Å²) in [6.07, 6.45) is 74.5. The lowest BCUT2D eigenvalue weighted by atomic mass is 10.0. The van der Waals surface area contributed by atoms with Gasteiger partial charge in [0, 0.05) is 25.7 Å². The van der Waals surface area contributed by atoms with E-state index in [2.05, 4.69) is 58.9 Å². The molecule has 0 spiro atoms. The van der Waals surface area contributed by atoms with Crippen LogP contribution < -0.4 is 0 Å². The van der Waals surface area contributed by atoms with Gasteiger partial charge in [-0.1, -0.05) is 386 Å². The molecule has 0 fully saturated rings. The predicted octanol–water partition coefficient (Wildman–Crippen LogP) is 25.9. The maximum absolute atomic E-state index is 13.1. The molecule has 17 nitrogen and oxygen atoms in total. The summed E-state index contributed by atoms with van der Waals surface area (Å²) < 4.78 is 68.8. The highest BCUT2D eigenvalue weighted by molar-refractivity contribution is 7.47. The predicted molar refractivity (Wildman–Crippen MR) is 432 cm³/mol. The van der Waals surface area contributed by atoms with Crippen LogP contribution in [0.15, 0.2) is 24.3 Å². The SMILES string of the molecule is CCCCCC/C=C\C=C/CCCCCCCC(=O)O[C@H](COC(=O)CCCCCCCCCCC)COP(=O)(O)OC[C@H](O)COP(=O)(O)OC[C@@H](COC(=O)CCCCCCCCCCCCCCCCCCC(C)C)OC(=O)CCCCCCCCCCCCCCCCCCCCCCCC. The van der Waals surface area contributed by atoms with Crippen LogP contribution in [0.1, 0.15) is 439 Å². The van der Waals surface area contributed by atoms with E-state index in [1.807, 2.05) is 0 Å². The smallest absolute Gasteiger partial charge is 0.462 e. The van der Waals surface area contributed by atoms with Crippen molar-refractivity contribution in [2.45, 2.75) is 457 Å². The molecule has 0 heterocycles. The van der Waals surface area contributed by atoms with Gasteiger partial charge in [-0.2, -0.15) is 0 Å². The normalized spacial score (nSPS) is 13.9. The van der Waals surface area contributed by atoms with Crippen molar-refractivity contribution in [1.82, 2.24) is 0 Å². The number of allylic oxidation sites excluding steroid dienone is 4. The number of phosphoric ester groups is 2. The number of aliphatic hydroxyl groups excluding tert-OH is 1. The molecule has 5 atom stereocenters. The lowest BCUT2D eigenvalue weighted by Crippen LogP contribution is -2.30. The van der Waals surface area contributed by atoms with Crippen molar-refractivity contribution in [3.05, 3.63) is 24.3 Å². The van der Waals surface area contributed by atoms with Crippen molar-refractivity contribution >= 4 is 39.5 Å². The van der Waals surface area contributed by atoms with Crippen LogP contribution in [0.25, 0.3) is 0 Å². The minimum absolute atomic E-state index is 0.0855. The summed E-state index contributed by atoms with van der Waals surface area (Å²) in [6.45, 7) is 7.30. The highest BCUT2D eigenvalue weighted by atomic mass is 31.2. The zero-order chi connectivity index (χ0) is 76.9. The van der Waals surface area contributed by atoms with E-state index in [1.54, 1.807) is 0 Å². The molecule has 0 aliphatic rings. The van der Waals surface area contributed by atoms with Crippen molar-refractivity contribution in [3.8, 4) is 0 Å². The quantitative estimate of drug-likeness (QED) is 0.0169. The Balaban J connectivity index is 5.22. The zero-order valence-electron chi connectivity index (χ0n) is 68.4. The number of aliphatic hydroxyl groups is 1. The fourth-order valence-corrected chi connectivity index (χ4v) is 14.5. The maximum Gasteiger partial charge on any atom is 0.472 e. The third-order valence-electron chi connectivity index (χ3n) is 19.7. The Morgan fingerprint density at radius 3 is 0.781 bits per heavy atom. The Morgan fingerprint density at radius 1 is 0.295 bits per heavy atom. The second-order valence-electron chi connectivity index (χ2n) is 30.7. The van der Waals surface area contributed by atoms with Crippen molar-refractivity contribution < 1.29 is 80.2 Å². The Hall–Kier alpha value is -2.46. The number of hydrogen-bond donors (Lipinski definition) is 3. The Bertz CT molecular complexity index is 2090. The molecule has 2 unspecified atom stereocenters. The molecule has 0 amide bonds. The van der Waals surface area contributed by atoms with Gasteiger partial charge < -0.3 is 33.8 Å². The summed E-state index contributed by atoms with van der Waals surface area (Å²) in [4.78, 5) is 73.1. The average molecular weight is 1530 g/mol. The first kappa shape index (κ1) is 103. The number of rotatable bonds is 84. The molecule has 0 rings (SSSR count). The number of hydrogen-bond acceptors (Lipinski definition) is 15.